The van der Waals surface area contributed by atoms with Crippen LogP contribution in [0.2, 0.25) is 0 Å². The molecule has 0 aliphatic carbocycles. The van der Waals surface area contributed by atoms with E-state index in [1.54, 1.807) is 44.3 Å². The fourth-order valence-electron chi connectivity index (χ4n) is 2.58. The van der Waals surface area contributed by atoms with Crippen LogP contribution in [0.3, 0.4) is 0 Å². The Labute approximate surface area is 132 Å². The Balaban J connectivity index is 2.26. The van der Waals surface area contributed by atoms with Crippen LogP contribution < -0.4 is 16.3 Å². The number of hydrogen-bond donors (Lipinski definition) is 2. The predicted molar refractivity (Wildman–Crippen MR) is 90.1 cm³/mol. The molecule has 3 aromatic rings. The van der Waals surface area contributed by atoms with Gasteiger partial charge in [-0.1, -0.05) is 12.1 Å². The van der Waals surface area contributed by atoms with Crippen molar-refractivity contribution >= 4 is 28.3 Å². The van der Waals surface area contributed by atoms with Gasteiger partial charge in [-0.25, -0.2) is 4.98 Å². The molecule has 0 saturated heterocycles. The Morgan fingerprint density at radius 1 is 1.22 bits per heavy atom. The first-order valence-corrected chi connectivity index (χ1v) is 7.13. The van der Waals surface area contributed by atoms with E-state index in [1.165, 1.54) is 4.57 Å². The summed E-state index contributed by atoms with van der Waals surface area (Å²) in [6, 6.07) is 12.4. The van der Waals surface area contributed by atoms with Gasteiger partial charge in [0.05, 0.1) is 5.52 Å². The minimum atomic E-state index is -0.300. The number of aliphatic imine (C=N–C) groups is 1. The number of nitrogens with zero attached hydrogens (tertiary/aromatic N) is 2. The monoisotopic (exact) mass is 309 g/mol. The van der Waals surface area contributed by atoms with Gasteiger partial charge in [-0.2, -0.15) is 0 Å². The number of aromatic nitrogens is 2. The summed E-state index contributed by atoms with van der Waals surface area (Å²) in [5, 5.41) is 11.1. The molecule has 0 fully saturated rings. The highest BCUT2D eigenvalue weighted by atomic mass is 16.3. The van der Waals surface area contributed by atoms with Crippen LogP contribution in [0.4, 0.5) is 11.6 Å². The summed E-state index contributed by atoms with van der Waals surface area (Å²) >= 11 is 0. The van der Waals surface area contributed by atoms with Gasteiger partial charge in [0.15, 0.2) is 0 Å². The van der Waals surface area contributed by atoms with Crippen molar-refractivity contribution in [2.45, 2.75) is 6.92 Å². The Kier molecular flexibility index (Phi) is 3.57. The number of aromatic amines is 1. The summed E-state index contributed by atoms with van der Waals surface area (Å²) in [5.41, 5.74) is 6.66. The standard InChI is InChI=1S/C17H16N4O2/c1-10(19-14-9-5-8-13(18)20-14)15-16(22)11-6-3-4-7-12(11)21(2)17(15)23/h3-9,22H,1-2H3,(H2,18,20)/p+1/b19-10+. The van der Waals surface area contributed by atoms with Crippen molar-refractivity contribution in [1.29, 1.82) is 0 Å². The van der Waals surface area contributed by atoms with Crippen molar-refractivity contribution in [3.05, 3.63) is 58.4 Å². The lowest BCUT2D eigenvalue weighted by molar-refractivity contribution is -0.344. The molecule has 1 aromatic carbocycles. The van der Waals surface area contributed by atoms with Crippen molar-refractivity contribution in [2.24, 2.45) is 12.0 Å². The van der Waals surface area contributed by atoms with E-state index in [1.807, 2.05) is 12.1 Å². The molecule has 0 aliphatic heterocycles. The summed E-state index contributed by atoms with van der Waals surface area (Å²) in [7, 11) is 1.67. The second-order valence-electron chi connectivity index (χ2n) is 5.29. The molecule has 4 N–H and O–H groups in total. The van der Waals surface area contributed by atoms with E-state index in [0.29, 0.717) is 28.3 Å². The number of aromatic hydroxyl groups is 1. The number of para-hydroxylation sites is 1. The highest BCUT2D eigenvalue weighted by Gasteiger charge is 2.18. The molecule has 2 heterocycles. The SMILES string of the molecule is C/C(=N\c1cccc(N)[nH+]1)c1c(O)c2ccccc2n(C)c1=O. The third kappa shape index (κ3) is 2.55. The molecule has 0 radical (unpaired) electrons. The fraction of sp³-hybridized carbons (Fsp3) is 0.118. The van der Waals surface area contributed by atoms with Crippen LogP contribution in [0.5, 0.6) is 5.75 Å². The number of anilines is 1. The van der Waals surface area contributed by atoms with Gasteiger partial charge in [0.1, 0.15) is 17.0 Å². The van der Waals surface area contributed by atoms with Crippen LogP contribution in [0, 0.1) is 0 Å². The van der Waals surface area contributed by atoms with Crippen LogP contribution >= 0.6 is 0 Å². The van der Waals surface area contributed by atoms with Crippen molar-refractivity contribution in [3.63, 3.8) is 0 Å². The molecule has 116 valence electrons. The Hall–Kier alpha value is -3.15. The maximum atomic E-state index is 12.6. The van der Waals surface area contributed by atoms with Crippen molar-refractivity contribution in [1.82, 2.24) is 4.57 Å². The lowest BCUT2D eigenvalue weighted by Crippen LogP contribution is -2.24. The number of rotatable bonds is 2. The first-order valence-electron chi connectivity index (χ1n) is 7.13. The first-order chi connectivity index (χ1) is 11.0. The zero-order valence-electron chi connectivity index (χ0n) is 12.9. The lowest BCUT2D eigenvalue weighted by Gasteiger charge is -2.10. The molecule has 3 rings (SSSR count). The third-order valence-corrected chi connectivity index (χ3v) is 3.73. The molecule has 0 spiro atoms. The van der Waals surface area contributed by atoms with E-state index < -0.39 is 0 Å². The average molecular weight is 309 g/mol. The molecule has 0 amide bonds. The number of nitrogens with one attached hydrogen (secondary N) is 1. The van der Waals surface area contributed by atoms with Crippen LogP contribution in [0.15, 0.2) is 52.3 Å². The quantitative estimate of drug-likeness (QED) is 0.706. The highest BCUT2D eigenvalue weighted by Crippen LogP contribution is 2.26. The van der Waals surface area contributed by atoms with E-state index in [-0.39, 0.29) is 16.9 Å². The van der Waals surface area contributed by atoms with E-state index in [4.69, 9.17) is 5.73 Å². The maximum Gasteiger partial charge on any atom is 0.265 e. The highest BCUT2D eigenvalue weighted by molar-refractivity contribution is 6.06. The van der Waals surface area contributed by atoms with E-state index >= 15 is 0 Å². The molecule has 23 heavy (non-hydrogen) atoms. The third-order valence-electron chi connectivity index (χ3n) is 3.73. The minimum absolute atomic E-state index is 0.0612. The normalized spacial score (nSPS) is 11.8. The maximum absolute atomic E-state index is 12.6. The van der Waals surface area contributed by atoms with E-state index in [9.17, 15) is 9.90 Å². The number of fused-ring (bicyclic) bond motifs is 1. The summed E-state index contributed by atoms with van der Waals surface area (Å²) in [5.74, 6) is 0.917. The average Bonchev–Trinajstić information content (AvgIpc) is 2.53. The molecule has 0 bridgehead atoms. The summed E-state index contributed by atoms with van der Waals surface area (Å²) < 4.78 is 1.51. The molecule has 0 atom stereocenters. The number of benzene rings is 1. The van der Waals surface area contributed by atoms with Crippen molar-refractivity contribution in [3.8, 4) is 5.75 Å². The van der Waals surface area contributed by atoms with Gasteiger partial charge in [0.2, 0.25) is 5.82 Å². The molecule has 6 heteroatoms. The van der Waals surface area contributed by atoms with Gasteiger partial charge in [-0.3, -0.25) is 4.79 Å². The van der Waals surface area contributed by atoms with E-state index in [2.05, 4.69) is 9.98 Å². The number of nitrogens with two attached hydrogens (primary N) is 1. The van der Waals surface area contributed by atoms with Gasteiger partial charge >= 0.3 is 0 Å². The topological polar surface area (TPSA) is 94.8 Å². The van der Waals surface area contributed by atoms with Crippen LogP contribution in [-0.4, -0.2) is 15.4 Å². The molecular weight excluding hydrogens is 292 g/mol. The Morgan fingerprint density at radius 2 is 1.96 bits per heavy atom. The smallest absolute Gasteiger partial charge is 0.265 e. The van der Waals surface area contributed by atoms with Gasteiger partial charge in [-0.05, 0) is 25.1 Å². The zero-order chi connectivity index (χ0) is 16.6. The summed E-state index contributed by atoms with van der Waals surface area (Å²) in [6.45, 7) is 1.68. The molecule has 0 aliphatic rings. The van der Waals surface area contributed by atoms with Gasteiger partial charge < -0.3 is 15.4 Å². The second-order valence-corrected chi connectivity index (χ2v) is 5.29. The Bertz CT molecular complexity index is 990. The summed E-state index contributed by atoms with van der Waals surface area (Å²) in [6.07, 6.45) is 0. The van der Waals surface area contributed by atoms with Crippen molar-refractivity contribution < 1.29 is 10.1 Å². The first kappa shape index (κ1) is 14.8. The number of hydrogen-bond acceptors (Lipinski definition) is 4. The molecule has 0 unspecified atom stereocenters. The molecular formula is C17H17N4O2+. The van der Waals surface area contributed by atoms with Gasteiger partial charge in [0.25, 0.3) is 11.4 Å². The largest absolute Gasteiger partial charge is 0.506 e. The zero-order valence-corrected chi connectivity index (χ0v) is 12.9. The molecule has 0 saturated carbocycles. The van der Waals surface area contributed by atoms with Crippen LogP contribution in [-0.2, 0) is 7.05 Å². The molecule has 6 nitrogen and oxygen atoms in total. The number of nitrogen functional groups attached to an aromatic ring is 1. The fourth-order valence-corrected chi connectivity index (χ4v) is 2.58. The number of pyridine rings is 2. The van der Waals surface area contributed by atoms with E-state index in [0.717, 1.165) is 0 Å². The van der Waals surface area contributed by atoms with Crippen LogP contribution in [0.25, 0.3) is 10.9 Å². The number of aryl methyl sites for hydroxylation is 1. The van der Waals surface area contributed by atoms with Crippen molar-refractivity contribution in [2.75, 3.05) is 5.73 Å². The molecule has 2 aromatic heterocycles. The predicted octanol–water partition coefficient (Wildman–Crippen LogP) is 1.78. The Morgan fingerprint density at radius 3 is 2.70 bits per heavy atom. The second kappa shape index (κ2) is 5.57. The number of H-pyrrole nitrogens is 1. The minimum Gasteiger partial charge on any atom is -0.506 e. The van der Waals surface area contributed by atoms with Crippen LogP contribution in [0.1, 0.15) is 12.5 Å². The lowest BCUT2D eigenvalue weighted by atomic mass is 10.1. The van der Waals surface area contributed by atoms with Gasteiger partial charge in [-0.15, -0.1) is 4.99 Å². The summed E-state index contributed by atoms with van der Waals surface area (Å²) in [4.78, 5) is 19.9. The van der Waals surface area contributed by atoms with Gasteiger partial charge in [0, 0.05) is 24.6 Å².